The van der Waals surface area contributed by atoms with Gasteiger partial charge in [0.25, 0.3) is 0 Å². The zero-order valence-electron chi connectivity index (χ0n) is 12.5. The zero-order chi connectivity index (χ0) is 18.1. The van der Waals surface area contributed by atoms with Crippen molar-refractivity contribution in [3.05, 3.63) is 28.8 Å². The van der Waals surface area contributed by atoms with Gasteiger partial charge >= 0.3 is 12.1 Å². The molecule has 0 unspecified atom stereocenters. The van der Waals surface area contributed by atoms with E-state index in [0.29, 0.717) is 6.42 Å². The van der Waals surface area contributed by atoms with Gasteiger partial charge < -0.3 is 10.1 Å². The Morgan fingerprint density at radius 1 is 1.32 bits per heavy atom. The van der Waals surface area contributed by atoms with Gasteiger partial charge in [0.2, 0.25) is 5.91 Å². The first-order valence-corrected chi connectivity index (χ1v) is 9.00. The van der Waals surface area contributed by atoms with Crippen LogP contribution in [0.15, 0.2) is 18.2 Å². The maximum atomic E-state index is 12.9. The summed E-state index contributed by atoms with van der Waals surface area (Å²) in [5.41, 5.74) is -1.02. The van der Waals surface area contributed by atoms with Crippen LogP contribution in [0.3, 0.4) is 0 Å². The Labute approximate surface area is 154 Å². The second-order valence-corrected chi connectivity index (χ2v) is 8.11. The zero-order valence-corrected chi connectivity index (χ0v) is 14.9. The summed E-state index contributed by atoms with van der Waals surface area (Å²) in [5.74, 6) is -2.18. The van der Waals surface area contributed by atoms with Crippen molar-refractivity contribution in [2.24, 2.45) is 23.7 Å². The fourth-order valence-corrected chi connectivity index (χ4v) is 5.55. The minimum absolute atomic E-state index is 0.00627. The molecule has 1 heterocycles. The van der Waals surface area contributed by atoms with Crippen molar-refractivity contribution in [3.63, 3.8) is 0 Å². The quantitative estimate of drug-likeness (QED) is 0.563. The lowest BCUT2D eigenvalue weighted by Gasteiger charge is -2.27. The Balaban J connectivity index is 1.60. The standard InChI is InChI=1S/C16H12BrClF3NO3/c17-12-6-4-7-11(15(24)25-13(7)12)10(6)14(23)22-9-3-5(16(19,20)21)1-2-8(9)18/h1-3,6-7,10-13H,4H2,(H,22,23)/t6-,7-,10-,11+,12-,13+/m1/s1. The van der Waals surface area contributed by atoms with Crippen LogP contribution in [0.1, 0.15) is 12.0 Å². The summed E-state index contributed by atoms with van der Waals surface area (Å²) in [7, 11) is 0. The van der Waals surface area contributed by atoms with Crippen molar-refractivity contribution in [2.75, 3.05) is 5.32 Å². The monoisotopic (exact) mass is 437 g/mol. The highest BCUT2D eigenvalue weighted by molar-refractivity contribution is 9.09. The molecule has 3 fully saturated rings. The molecule has 1 aromatic carbocycles. The summed E-state index contributed by atoms with van der Waals surface area (Å²) in [4.78, 5) is 24.7. The highest BCUT2D eigenvalue weighted by atomic mass is 79.9. The van der Waals surface area contributed by atoms with Crippen molar-refractivity contribution >= 4 is 45.1 Å². The van der Waals surface area contributed by atoms with Crippen LogP contribution in [0.25, 0.3) is 0 Å². The highest BCUT2D eigenvalue weighted by Gasteiger charge is 2.67. The van der Waals surface area contributed by atoms with Gasteiger partial charge in [0.1, 0.15) is 6.10 Å². The van der Waals surface area contributed by atoms with Gasteiger partial charge in [-0.2, -0.15) is 13.2 Å². The first-order chi connectivity index (χ1) is 11.7. The van der Waals surface area contributed by atoms with Gasteiger partial charge in [0, 0.05) is 5.92 Å². The minimum atomic E-state index is -4.54. The largest absolute Gasteiger partial charge is 0.461 e. The molecule has 2 bridgehead atoms. The van der Waals surface area contributed by atoms with E-state index in [9.17, 15) is 22.8 Å². The molecule has 4 rings (SSSR count). The van der Waals surface area contributed by atoms with Gasteiger partial charge in [-0.3, -0.25) is 9.59 Å². The van der Waals surface area contributed by atoms with Crippen LogP contribution in [-0.4, -0.2) is 22.8 Å². The maximum Gasteiger partial charge on any atom is 0.416 e. The molecule has 2 aliphatic carbocycles. The lowest BCUT2D eigenvalue weighted by molar-refractivity contribution is -0.145. The molecule has 1 N–H and O–H groups in total. The fourth-order valence-electron chi connectivity index (χ4n) is 4.34. The number of carbonyl (C=O) groups excluding carboxylic acids is 2. The molecule has 0 radical (unpaired) electrons. The maximum absolute atomic E-state index is 12.9. The predicted molar refractivity (Wildman–Crippen MR) is 86.3 cm³/mol. The molecule has 25 heavy (non-hydrogen) atoms. The van der Waals surface area contributed by atoms with Crippen LogP contribution >= 0.6 is 27.5 Å². The molecule has 0 aromatic heterocycles. The van der Waals surface area contributed by atoms with E-state index in [1.165, 1.54) is 0 Å². The molecular weight excluding hydrogens is 427 g/mol. The molecular formula is C16H12BrClF3NO3. The van der Waals surface area contributed by atoms with Crippen molar-refractivity contribution in [3.8, 4) is 0 Å². The summed E-state index contributed by atoms with van der Waals surface area (Å²) < 4.78 is 43.9. The summed E-state index contributed by atoms with van der Waals surface area (Å²) in [5, 5.41) is 2.48. The molecule has 9 heteroatoms. The number of benzene rings is 1. The van der Waals surface area contributed by atoms with Crippen molar-refractivity contribution in [2.45, 2.75) is 23.5 Å². The van der Waals surface area contributed by atoms with Crippen molar-refractivity contribution in [1.82, 2.24) is 0 Å². The molecule has 4 nitrogen and oxygen atoms in total. The summed E-state index contributed by atoms with van der Waals surface area (Å²) in [6.07, 6.45) is -4.07. The number of carbonyl (C=O) groups is 2. The molecule has 134 valence electrons. The molecule has 2 saturated carbocycles. The Kier molecular flexibility index (Phi) is 3.85. The lowest BCUT2D eigenvalue weighted by atomic mass is 9.79. The third-order valence-electron chi connectivity index (χ3n) is 5.38. The minimum Gasteiger partial charge on any atom is -0.461 e. The number of hydrogen-bond acceptors (Lipinski definition) is 3. The number of alkyl halides is 4. The molecule has 1 aliphatic heterocycles. The molecule has 1 saturated heterocycles. The van der Waals surface area contributed by atoms with Gasteiger partial charge in [-0.1, -0.05) is 27.5 Å². The normalized spacial score (nSPS) is 35.8. The van der Waals surface area contributed by atoms with Gasteiger partial charge in [0.05, 0.1) is 32.9 Å². The third kappa shape index (κ3) is 2.56. The van der Waals surface area contributed by atoms with Crippen LogP contribution in [0, 0.1) is 23.7 Å². The highest BCUT2D eigenvalue weighted by Crippen LogP contribution is 2.60. The van der Waals surface area contributed by atoms with Gasteiger partial charge in [0.15, 0.2) is 0 Å². The Bertz CT molecular complexity index is 771. The van der Waals surface area contributed by atoms with Crippen molar-refractivity contribution < 1.29 is 27.5 Å². The van der Waals surface area contributed by atoms with E-state index in [4.69, 9.17) is 16.3 Å². The Hall–Kier alpha value is -1.28. The number of anilines is 1. The SMILES string of the molecule is O=C(Nc1cc(C(F)(F)F)ccc1Cl)[C@@H]1[C@H]2C[C@H]3[C@H](OC(=O)[C@@H]31)[C@@H]2Br. The molecule has 1 aromatic rings. The first kappa shape index (κ1) is 17.1. The van der Waals surface area contributed by atoms with Crippen molar-refractivity contribution in [1.29, 1.82) is 0 Å². The molecule has 6 atom stereocenters. The Morgan fingerprint density at radius 3 is 2.72 bits per heavy atom. The summed E-state index contributed by atoms with van der Waals surface area (Å²) in [6, 6.07) is 2.74. The predicted octanol–water partition coefficient (Wildman–Crippen LogP) is 3.87. The van der Waals surface area contributed by atoms with E-state index in [-0.39, 0.29) is 33.5 Å². The number of fused-ring (bicyclic) bond motifs is 1. The number of esters is 1. The van der Waals surface area contributed by atoms with E-state index < -0.39 is 35.5 Å². The fraction of sp³-hybridized carbons (Fsp3) is 0.500. The van der Waals surface area contributed by atoms with Gasteiger partial charge in [-0.25, -0.2) is 0 Å². The van der Waals surface area contributed by atoms with E-state index in [1.807, 2.05) is 0 Å². The Morgan fingerprint density at radius 2 is 2.04 bits per heavy atom. The van der Waals surface area contributed by atoms with Crippen LogP contribution in [-0.2, 0) is 20.5 Å². The van der Waals surface area contributed by atoms with E-state index in [2.05, 4.69) is 21.2 Å². The van der Waals surface area contributed by atoms with Gasteiger partial charge in [-0.15, -0.1) is 0 Å². The summed E-state index contributed by atoms with van der Waals surface area (Å²) in [6.45, 7) is 0. The average molecular weight is 439 g/mol. The second-order valence-electron chi connectivity index (χ2n) is 6.64. The first-order valence-electron chi connectivity index (χ1n) is 7.70. The molecule has 3 aliphatic rings. The van der Waals surface area contributed by atoms with Crippen LogP contribution in [0.5, 0.6) is 0 Å². The molecule has 1 amide bonds. The average Bonchev–Trinajstić information content (AvgIpc) is 3.12. The van der Waals surface area contributed by atoms with E-state index >= 15 is 0 Å². The number of amides is 1. The summed E-state index contributed by atoms with van der Waals surface area (Å²) >= 11 is 9.42. The number of nitrogens with one attached hydrogen (secondary N) is 1. The van der Waals surface area contributed by atoms with Gasteiger partial charge in [-0.05, 0) is 30.5 Å². The lowest BCUT2D eigenvalue weighted by Crippen LogP contribution is -2.40. The topological polar surface area (TPSA) is 55.4 Å². The van der Waals surface area contributed by atoms with E-state index in [0.717, 1.165) is 18.2 Å². The number of halogens is 5. The van der Waals surface area contributed by atoms with Crippen LogP contribution < -0.4 is 5.32 Å². The smallest absolute Gasteiger partial charge is 0.416 e. The number of ether oxygens (including phenoxy) is 1. The number of rotatable bonds is 2. The van der Waals surface area contributed by atoms with Crippen LogP contribution in [0.4, 0.5) is 18.9 Å². The number of hydrogen-bond donors (Lipinski definition) is 1. The molecule has 0 spiro atoms. The van der Waals surface area contributed by atoms with Crippen LogP contribution in [0.2, 0.25) is 5.02 Å². The second kappa shape index (κ2) is 5.61. The van der Waals surface area contributed by atoms with E-state index in [1.54, 1.807) is 0 Å². The third-order valence-corrected chi connectivity index (χ3v) is 6.91.